The third kappa shape index (κ3) is 4.64. The van der Waals surface area contributed by atoms with Gasteiger partial charge in [-0.05, 0) is 64.6 Å². The highest BCUT2D eigenvalue weighted by Crippen LogP contribution is 2.48. The second kappa shape index (κ2) is 11.8. The fourth-order valence-corrected chi connectivity index (χ4v) is 8.38. The van der Waals surface area contributed by atoms with Crippen LogP contribution in [0.5, 0.6) is 0 Å². The Morgan fingerprint density at radius 3 is 2.28 bits per heavy atom. The molecule has 50 heavy (non-hydrogen) atoms. The fourth-order valence-electron chi connectivity index (χ4n) is 8.38. The van der Waals surface area contributed by atoms with Crippen LogP contribution in [0.4, 0.5) is 5.69 Å². The van der Waals surface area contributed by atoms with Gasteiger partial charge in [-0.15, -0.1) is 0 Å². The van der Waals surface area contributed by atoms with Crippen LogP contribution in [0.2, 0.25) is 0 Å². The number of fused-ring (bicyclic) bond motifs is 7. The van der Waals surface area contributed by atoms with E-state index in [1.807, 2.05) is 0 Å². The van der Waals surface area contributed by atoms with Gasteiger partial charge in [-0.2, -0.15) is 0 Å². The van der Waals surface area contributed by atoms with Gasteiger partial charge in [0.05, 0.1) is 5.69 Å². The van der Waals surface area contributed by atoms with Crippen molar-refractivity contribution in [3.63, 3.8) is 0 Å². The summed E-state index contributed by atoms with van der Waals surface area (Å²) >= 11 is 0. The predicted octanol–water partition coefficient (Wildman–Crippen LogP) is 12.7. The summed E-state index contributed by atoms with van der Waals surface area (Å²) in [6, 6.07) is 39.4. The van der Waals surface area contributed by atoms with Gasteiger partial charge in [0.15, 0.2) is 0 Å². The quantitative estimate of drug-likeness (QED) is 0.186. The van der Waals surface area contributed by atoms with Crippen molar-refractivity contribution in [2.75, 3.05) is 4.90 Å². The SMILES string of the molecule is C1=CC2=CC(N(C3=C(c4cccc5c4oc4cc6ccccc6cc45)C=CCC3)c3ccccc3-c3ccccc3)=C3C=CC=CC3C2C=C1. The van der Waals surface area contributed by atoms with E-state index in [-0.39, 0.29) is 5.92 Å². The largest absolute Gasteiger partial charge is 0.455 e. The predicted molar refractivity (Wildman–Crippen MR) is 210 cm³/mol. The summed E-state index contributed by atoms with van der Waals surface area (Å²) in [7, 11) is 0. The van der Waals surface area contributed by atoms with E-state index < -0.39 is 0 Å². The lowest BCUT2D eigenvalue weighted by Crippen LogP contribution is -2.31. The van der Waals surface area contributed by atoms with E-state index >= 15 is 0 Å². The molecular formula is C48H35NO. The molecule has 4 aliphatic carbocycles. The number of rotatable bonds is 5. The first-order valence-corrected chi connectivity index (χ1v) is 17.7. The Morgan fingerprint density at radius 1 is 0.620 bits per heavy atom. The number of para-hydroxylation sites is 2. The number of anilines is 1. The van der Waals surface area contributed by atoms with Crippen molar-refractivity contribution in [3.8, 4) is 11.1 Å². The molecule has 6 aromatic rings. The van der Waals surface area contributed by atoms with Gasteiger partial charge < -0.3 is 9.32 Å². The first-order chi connectivity index (χ1) is 24.8. The van der Waals surface area contributed by atoms with Crippen molar-refractivity contribution in [3.05, 3.63) is 204 Å². The van der Waals surface area contributed by atoms with Crippen molar-refractivity contribution in [2.24, 2.45) is 11.8 Å². The van der Waals surface area contributed by atoms with Gasteiger partial charge in [0.25, 0.3) is 0 Å². The van der Waals surface area contributed by atoms with Crippen molar-refractivity contribution in [2.45, 2.75) is 12.8 Å². The average molecular weight is 642 g/mol. The van der Waals surface area contributed by atoms with E-state index in [1.54, 1.807) is 0 Å². The fraction of sp³-hybridized carbons (Fsp3) is 0.0833. The highest BCUT2D eigenvalue weighted by atomic mass is 16.3. The maximum Gasteiger partial charge on any atom is 0.143 e. The Balaban J connectivity index is 1.26. The third-order valence-corrected chi connectivity index (χ3v) is 10.7. The highest BCUT2D eigenvalue weighted by molar-refractivity contribution is 6.13. The van der Waals surface area contributed by atoms with Gasteiger partial charge >= 0.3 is 0 Å². The van der Waals surface area contributed by atoms with Crippen molar-refractivity contribution < 1.29 is 4.42 Å². The van der Waals surface area contributed by atoms with E-state index in [2.05, 4.69) is 181 Å². The number of hydrogen-bond acceptors (Lipinski definition) is 2. The molecule has 0 saturated carbocycles. The van der Waals surface area contributed by atoms with Crippen LogP contribution in [-0.2, 0) is 0 Å². The molecular weight excluding hydrogens is 607 g/mol. The smallest absolute Gasteiger partial charge is 0.143 e. The molecule has 0 amide bonds. The summed E-state index contributed by atoms with van der Waals surface area (Å²) in [5.74, 6) is 0.587. The van der Waals surface area contributed by atoms with Crippen LogP contribution in [0.1, 0.15) is 18.4 Å². The summed E-state index contributed by atoms with van der Waals surface area (Å²) in [6.45, 7) is 0. The average Bonchev–Trinajstić information content (AvgIpc) is 3.55. The normalized spacial score (nSPS) is 19.4. The van der Waals surface area contributed by atoms with E-state index in [0.29, 0.717) is 5.92 Å². The standard InChI is InChI=1S/C48H35NO/c1-2-15-32(16-3-1)37-21-10-12-27-44(37)49(46-30-35-19-6-7-20-36(35)38-22-8-9-23-39(38)46)45-28-13-11-24-40(45)41-25-14-26-42-43-29-33-17-4-5-18-34(33)31-47(43)50-48(41)42/h1-12,14-27,29-31,36,38H,13,28H2. The molecule has 0 aliphatic heterocycles. The summed E-state index contributed by atoms with van der Waals surface area (Å²) < 4.78 is 6.83. The zero-order valence-corrected chi connectivity index (χ0v) is 27.7. The molecule has 0 fully saturated rings. The second-order valence-corrected chi connectivity index (χ2v) is 13.5. The Labute approximate surface area is 292 Å². The van der Waals surface area contributed by atoms with Gasteiger partial charge in [-0.3, -0.25) is 0 Å². The van der Waals surface area contributed by atoms with Crippen LogP contribution >= 0.6 is 0 Å². The first kappa shape index (κ1) is 28.9. The summed E-state index contributed by atoms with van der Waals surface area (Å²) in [4.78, 5) is 2.58. The summed E-state index contributed by atoms with van der Waals surface area (Å²) in [5, 5.41) is 4.71. The van der Waals surface area contributed by atoms with E-state index in [0.717, 1.165) is 40.3 Å². The van der Waals surface area contributed by atoms with Crippen LogP contribution in [-0.4, -0.2) is 0 Å². The summed E-state index contributed by atoms with van der Waals surface area (Å²) in [5.41, 5.74) is 13.0. The molecule has 0 bridgehead atoms. The van der Waals surface area contributed by atoms with E-state index in [1.165, 1.54) is 55.7 Å². The molecule has 1 heterocycles. The molecule has 0 radical (unpaired) electrons. The van der Waals surface area contributed by atoms with Crippen molar-refractivity contribution in [1.82, 2.24) is 0 Å². The third-order valence-electron chi connectivity index (χ3n) is 10.7. The van der Waals surface area contributed by atoms with Crippen LogP contribution in [0.3, 0.4) is 0 Å². The van der Waals surface area contributed by atoms with Crippen LogP contribution in [0, 0.1) is 11.8 Å². The maximum absolute atomic E-state index is 6.83. The topological polar surface area (TPSA) is 16.4 Å². The number of benzene rings is 5. The summed E-state index contributed by atoms with van der Waals surface area (Å²) in [6.07, 6.45) is 27.1. The minimum Gasteiger partial charge on any atom is -0.455 e. The zero-order valence-electron chi connectivity index (χ0n) is 27.7. The van der Waals surface area contributed by atoms with Gasteiger partial charge in [0.1, 0.15) is 11.2 Å². The first-order valence-electron chi connectivity index (χ1n) is 17.7. The minimum atomic E-state index is 0.263. The van der Waals surface area contributed by atoms with Crippen LogP contribution in [0.25, 0.3) is 49.4 Å². The van der Waals surface area contributed by atoms with Gasteiger partial charge in [0, 0.05) is 50.7 Å². The molecule has 238 valence electrons. The zero-order chi connectivity index (χ0) is 33.0. The van der Waals surface area contributed by atoms with Crippen LogP contribution in [0.15, 0.2) is 203 Å². The Kier molecular flexibility index (Phi) is 6.80. The number of furan rings is 1. The molecule has 2 atom stereocenters. The van der Waals surface area contributed by atoms with Gasteiger partial charge in [-0.1, -0.05) is 152 Å². The molecule has 0 N–H and O–H groups in total. The molecule has 2 nitrogen and oxygen atoms in total. The molecule has 2 unspecified atom stereocenters. The molecule has 2 heteroatoms. The lowest BCUT2D eigenvalue weighted by Gasteiger charge is -2.40. The number of nitrogens with zero attached hydrogens (tertiary/aromatic N) is 1. The molecule has 5 aromatic carbocycles. The lowest BCUT2D eigenvalue weighted by atomic mass is 9.72. The highest BCUT2D eigenvalue weighted by Gasteiger charge is 2.35. The molecule has 4 aliphatic rings. The van der Waals surface area contributed by atoms with Crippen LogP contribution < -0.4 is 4.90 Å². The van der Waals surface area contributed by atoms with Gasteiger partial charge in [0.2, 0.25) is 0 Å². The molecule has 1 aromatic heterocycles. The Bertz CT molecular complexity index is 2600. The second-order valence-electron chi connectivity index (χ2n) is 13.5. The molecule has 10 rings (SSSR count). The van der Waals surface area contributed by atoms with Gasteiger partial charge in [-0.25, -0.2) is 0 Å². The number of allylic oxidation sites excluding steroid dienone is 15. The maximum atomic E-state index is 6.83. The molecule has 0 saturated heterocycles. The van der Waals surface area contributed by atoms with Crippen molar-refractivity contribution >= 4 is 44.0 Å². The minimum absolute atomic E-state index is 0.263. The Hall–Kier alpha value is -6.12. The lowest BCUT2D eigenvalue weighted by molar-refractivity contribution is 0.604. The van der Waals surface area contributed by atoms with E-state index in [9.17, 15) is 0 Å². The van der Waals surface area contributed by atoms with E-state index in [4.69, 9.17) is 4.42 Å². The Morgan fingerprint density at radius 2 is 1.38 bits per heavy atom. The molecule has 0 spiro atoms. The number of hydrogen-bond donors (Lipinski definition) is 0. The van der Waals surface area contributed by atoms with Crippen molar-refractivity contribution in [1.29, 1.82) is 0 Å². The monoisotopic (exact) mass is 641 g/mol.